The second kappa shape index (κ2) is 13.7. The van der Waals surface area contributed by atoms with Crippen LogP contribution in [0.4, 0.5) is 8.78 Å². The maximum Gasteiger partial charge on any atom is 0.305 e. The van der Waals surface area contributed by atoms with Crippen molar-refractivity contribution in [3.05, 3.63) is 113 Å². The zero-order chi connectivity index (χ0) is 34.9. The van der Waals surface area contributed by atoms with Crippen LogP contribution in [0.15, 0.2) is 73.1 Å². The fraction of sp³-hybridized carbons (Fsp3) is 0.342. The van der Waals surface area contributed by atoms with Gasteiger partial charge in [-0.15, -0.1) is 0 Å². The normalized spacial score (nSPS) is 18.0. The molecule has 1 unspecified atom stereocenters. The van der Waals surface area contributed by atoms with Crippen LogP contribution in [-0.2, 0) is 32.2 Å². The molecule has 8 nitrogen and oxygen atoms in total. The van der Waals surface area contributed by atoms with Crippen LogP contribution in [0.25, 0.3) is 22.2 Å². The third kappa shape index (κ3) is 7.51. The fourth-order valence-corrected chi connectivity index (χ4v) is 8.93. The maximum atomic E-state index is 15.7. The Hall–Kier alpha value is -4.64. The van der Waals surface area contributed by atoms with Crippen LogP contribution in [-0.4, -0.2) is 53.6 Å². The largest absolute Gasteiger partial charge is 0.469 e. The predicted octanol–water partition coefficient (Wildman–Crippen LogP) is 7.40. The molecule has 5 aromatic rings. The summed E-state index contributed by atoms with van der Waals surface area (Å²) in [5.41, 5.74) is 2.30. The van der Waals surface area contributed by atoms with Crippen molar-refractivity contribution in [2.75, 3.05) is 18.6 Å². The number of carbonyl (C=O) groups excluding carboxylic acids is 2. The Bertz CT molecular complexity index is 2150. The molecule has 0 amide bonds. The highest BCUT2D eigenvalue weighted by atomic mass is 32.2. The zero-order valence-corrected chi connectivity index (χ0v) is 28.6. The molecule has 6 rings (SSSR count). The number of hydrogen-bond acceptors (Lipinski definition) is 6. The van der Waals surface area contributed by atoms with E-state index in [1.165, 1.54) is 31.4 Å². The summed E-state index contributed by atoms with van der Waals surface area (Å²) in [6.45, 7) is 3.85. The van der Waals surface area contributed by atoms with Crippen LogP contribution in [0.5, 0.6) is 0 Å². The molecule has 1 atom stereocenters. The highest BCUT2D eigenvalue weighted by Gasteiger charge is 2.29. The lowest BCUT2D eigenvalue weighted by molar-refractivity contribution is -0.140. The van der Waals surface area contributed by atoms with Crippen LogP contribution < -0.4 is 0 Å². The van der Waals surface area contributed by atoms with E-state index in [0.717, 1.165) is 11.1 Å². The first-order chi connectivity index (χ1) is 23.3. The quantitative estimate of drug-likeness (QED) is 0.197. The first kappa shape index (κ1) is 34.2. The van der Waals surface area contributed by atoms with Crippen molar-refractivity contribution in [1.82, 2.24) is 14.8 Å². The van der Waals surface area contributed by atoms with Gasteiger partial charge in [0.2, 0.25) is 0 Å². The number of methoxy groups -OCH3 is 1. The summed E-state index contributed by atoms with van der Waals surface area (Å²) < 4.78 is 64.9. The average molecular weight is 688 g/mol. The molecule has 3 aromatic carbocycles. The number of sulfone groups is 1. The molecule has 0 saturated carbocycles. The van der Waals surface area contributed by atoms with Gasteiger partial charge in [0.1, 0.15) is 11.6 Å². The topological polar surface area (TPSA) is 111 Å². The van der Waals surface area contributed by atoms with E-state index in [1.807, 2.05) is 38.1 Å². The van der Waals surface area contributed by atoms with E-state index in [-0.39, 0.29) is 53.0 Å². The van der Waals surface area contributed by atoms with Crippen LogP contribution in [0.2, 0.25) is 0 Å². The molecule has 1 aliphatic heterocycles. The molecule has 2 aromatic heterocycles. The lowest BCUT2D eigenvalue weighted by Crippen LogP contribution is -2.27. The second-order valence-corrected chi connectivity index (χ2v) is 15.8. The third-order valence-corrected chi connectivity index (χ3v) is 11.4. The first-order valence-electron chi connectivity index (χ1n) is 16.4. The van der Waals surface area contributed by atoms with Gasteiger partial charge in [0, 0.05) is 40.8 Å². The minimum atomic E-state index is -3.62. The van der Waals surface area contributed by atoms with Gasteiger partial charge in [-0.3, -0.25) is 14.3 Å². The van der Waals surface area contributed by atoms with Gasteiger partial charge in [-0.2, -0.15) is 5.10 Å². The Morgan fingerprint density at radius 3 is 2.69 bits per heavy atom. The van der Waals surface area contributed by atoms with Crippen LogP contribution in [0, 0.1) is 17.0 Å². The highest BCUT2D eigenvalue weighted by molar-refractivity contribution is 7.91. The number of hydrogen-bond donors (Lipinski definition) is 1. The van der Waals surface area contributed by atoms with Crippen LogP contribution in [0.1, 0.15) is 78.2 Å². The molecule has 0 spiro atoms. The van der Waals surface area contributed by atoms with Crippen LogP contribution in [0.3, 0.4) is 0 Å². The number of nitrogens with zero attached hydrogens (tertiary/aromatic N) is 2. The number of fused-ring (bicyclic) bond motifs is 8. The van der Waals surface area contributed by atoms with Crippen molar-refractivity contribution in [3.8, 4) is 11.3 Å². The van der Waals surface area contributed by atoms with Crippen molar-refractivity contribution in [2.24, 2.45) is 5.41 Å². The summed E-state index contributed by atoms with van der Waals surface area (Å²) in [7, 11) is -2.27. The van der Waals surface area contributed by atoms with E-state index in [2.05, 4.69) is 4.98 Å². The Labute approximate surface area is 284 Å². The molecular weight excluding hydrogens is 648 g/mol. The van der Waals surface area contributed by atoms with Gasteiger partial charge in [0.15, 0.2) is 15.6 Å². The molecule has 1 N–H and O–H groups in total. The van der Waals surface area contributed by atoms with E-state index in [4.69, 9.17) is 9.84 Å². The van der Waals surface area contributed by atoms with E-state index >= 15 is 8.78 Å². The Morgan fingerprint density at radius 1 is 1.08 bits per heavy atom. The lowest BCUT2D eigenvalue weighted by Gasteiger charge is -2.26. The summed E-state index contributed by atoms with van der Waals surface area (Å²) in [5, 5.41) is 5.35. The minimum Gasteiger partial charge on any atom is -0.469 e. The molecular formula is C38H39F2N3O5S. The van der Waals surface area contributed by atoms with Crippen LogP contribution >= 0.6 is 0 Å². The van der Waals surface area contributed by atoms with Gasteiger partial charge in [-0.05, 0) is 84.2 Å². The van der Waals surface area contributed by atoms with Crippen molar-refractivity contribution in [1.29, 1.82) is 0 Å². The summed E-state index contributed by atoms with van der Waals surface area (Å²) in [6.07, 6.45) is 5.94. The Morgan fingerprint density at radius 2 is 1.90 bits per heavy atom. The van der Waals surface area contributed by atoms with Crippen molar-refractivity contribution in [3.63, 3.8) is 0 Å². The SMILES string of the molecule is COC(=O)CCc1cccc(C2CCCC(C)(C)CS(=O)(=O)CCc3c(c(F)cc4[nH]ccc34)C(=O)c3ccc(F)c(c3)-c3ccn2n3)c1. The third-order valence-electron chi connectivity index (χ3n) is 9.36. The molecule has 0 saturated heterocycles. The molecule has 0 fully saturated rings. The summed E-state index contributed by atoms with van der Waals surface area (Å²) >= 11 is 0. The van der Waals surface area contributed by atoms with Crippen molar-refractivity contribution in [2.45, 2.75) is 58.4 Å². The molecule has 3 heterocycles. The van der Waals surface area contributed by atoms with Gasteiger partial charge in [-0.25, -0.2) is 17.2 Å². The van der Waals surface area contributed by atoms with E-state index in [0.29, 0.717) is 47.8 Å². The summed E-state index contributed by atoms with van der Waals surface area (Å²) in [4.78, 5) is 28.8. The Balaban J connectivity index is 1.46. The lowest BCUT2D eigenvalue weighted by atomic mass is 9.87. The number of rotatable bonds is 4. The minimum absolute atomic E-state index is 0.0564. The summed E-state index contributed by atoms with van der Waals surface area (Å²) in [6, 6.07) is 16.0. The van der Waals surface area contributed by atoms with Gasteiger partial charge >= 0.3 is 5.97 Å². The molecule has 11 heteroatoms. The number of nitrogens with one attached hydrogen (secondary N) is 1. The highest BCUT2D eigenvalue weighted by Crippen LogP contribution is 2.34. The maximum absolute atomic E-state index is 15.7. The zero-order valence-electron chi connectivity index (χ0n) is 27.8. The monoisotopic (exact) mass is 687 g/mol. The van der Waals surface area contributed by atoms with Gasteiger partial charge < -0.3 is 9.72 Å². The number of H-pyrrole nitrogens is 1. The number of aromatic amines is 1. The number of benzene rings is 3. The predicted molar refractivity (Wildman–Crippen MR) is 184 cm³/mol. The molecule has 1 aliphatic rings. The number of esters is 1. The smallest absolute Gasteiger partial charge is 0.305 e. The number of aryl methyl sites for hydroxylation is 2. The van der Waals surface area contributed by atoms with Crippen molar-refractivity contribution >= 4 is 32.5 Å². The fourth-order valence-electron chi connectivity index (χ4n) is 6.94. The second-order valence-electron chi connectivity index (χ2n) is 13.6. The van der Waals surface area contributed by atoms with E-state index in [1.54, 1.807) is 29.2 Å². The van der Waals surface area contributed by atoms with Crippen molar-refractivity contribution < 1.29 is 31.5 Å². The average Bonchev–Trinajstić information content (AvgIpc) is 3.74. The number of carbonyl (C=O) groups is 2. The molecule has 4 bridgehead atoms. The number of aromatic nitrogens is 3. The van der Waals surface area contributed by atoms with E-state index in [9.17, 15) is 18.0 Å². The van der Waals surface area contributed by atoms with Gasteiger partial charge in [0.25, 0.3) is 0 Å². The number of ketones is 1. The standard InChI is InChI=1S/C38H39F2N3O5S/c1-38(2)16-5-8-34(25-7-4-6-24(20-25)9-12-35(44)48-3)43-18-14-32(42-43)29-21-26(10-11-30(29)39)37(45)36-28(15-19-49(46,47)23-38)27-13-17-41-33(27)22-31(36)40/h4,6-7,10-11,13-14,17-18,20-22,34,41H,5,8-9,12,15-16,19,23H2,1-3H3. The Kier molecular flexibility index (Phi) is 9.57. The summed E-state index contributed by atoms with van der Waals surface area (Å²) in [5.74, 6) is -2.68. The number of halogens is 2. The van der Waals surface area contributed by atoms with Gasteiger partial charge in [0.05, 0.1) is 35.9 Å². The molecule has 256 valence electrons. The molecule has 0 radical (unpaired) electrons. The number of ether oxygens (including phenoxy) is 1. The molecule has 0 aliphatic carbocycles. The van der Waals surface area contributed by atoms with E-state index < -0.39 is 32.7 Å². The molecule has 49 heavy (non-hydrogen) atoms. The van der Waals surface area contributed by atoms with Gasteiger partial charge in [-0.1, -0.05) is 44.5 Å². The first-order valence-corrected chi connectivity index (χ1v) is 18.2.